The van der Waals surface area contributed by atoms with Crippen molar-refractivity contribution in [1.29, 1.82) is 0 Å². The number of ether oxygens (including phenoxy) is 2. The molecule has 170 valence electrons. The second-order valence-electron chi connectivity index (χ2n) is 7.46. The third-order valence-electron chi connectivity index (χ3n) is 4.71. The van der Waals surface area contributed by atoms with Gasteiger partial charge in [-0.1, -0.05) is 19.9 Å². The zero-order valence-corrected chi connectivity index (χ0v) is 19.1. The van der Waals surface area contributed by atoms with Gasteiger partial charge in [0.1, 0.15) is 4.90 Å². The molecule has 0 atom stereocenters. The second-order valence-corrected chi connectivity index (χ2v) is 9.20. The summed E-state index contributed by atoms with van der Waals surface area (Å²) in [6, 6.07) is 9.62. The van der Waals surface area contributed by atoms with Crippen molar-refractivity contribution in [1.82, 2.24) is 4.72 Å². The van der Waals surface area contributed by atoms with E-state index in [1.165, 1.54) is 18.2 Å². The van der Waals surface area contributed by atoms with Crippen LogP contribution in [0.5, 0.6) is 11.5 Å². The first-order valence-corrected chi connectivity index (χ1v) is 11.5. The zero-order chi connectivity index (χ0) is 23.0. The van der Waals surface area contributed by atoms with Crippen LogP contribution >= 0.6 is 0 Å². The fraction of sp³-hybridized carbons (Fsp3) is 0.409. The summed E-state index contributed by atoms with van der Waals surface area (Å²) in [6.45, 7) is 4.72. The Bertz CT molecular complexity index is 1010. The van der Waals surface area contributed by atoms with Crippen LogP contribution in [0.2, 0.25) is 0 Å². The van der Waals surface area contributed by atoms with Gasteiger partial charge >= 0.3 is 5.97 Å². The van der Waals surface area contributed by atoms with E-state index in [4.69, 9.17) is 9.47 Å². The summed E-state index contributed by atoms with van der Waals surface area (Å²) >= 11 is 0. The molecule has 0 aliphatic rings. The Morgan fingerprint density at radius 2 is 1.74 bits per heavy atom. The van der Waals surface area contributed by atoms with Crippen molar-refractivity contribution in [3.8, 4) is 11.5 Å². The molecule has 0 saturated heterocycles. The SMILES string of the molecule is COc1ccc(CCNc2ccc(C(=O)O)cc2S(=O)(=O)NCCC(C)C)cc1OC. The average molecular weight is 451 g/mol. The van der Waals surface area contributed by atoms with E-state index in [2.05, 4.69) is 10.0 Å². The van der Waals surface area contributed by atoms with Gasteiger partial charge in [-0.15, -0.1) is 0 Å². The largest absolute Gasteiger partial charge is 0.493 e. The fourth-order valence-corrected chi connectivity index (χ4v) is 4.22. The first-order chi connectivity index (χ1) is 14.7. The van der Waals surface area contributed by atoms with E-state index >= 15 is 0 Å². The van der Waals surface area contributed by atoms with Crippen LogP contribution in [-0.2, 0) is 16.4 Å². The predicted octanol–water partition coefficient (Wildman–Crippen LogP) is 3.38. The van der Waals surface area contributed by atoms with Crippen molar-refractivity contribution in [2.24, 2.45) is 5.92 Å². The van der Waals surface area contributed by atoms with Crippen LogP contribution in [0.25, 0.3) is 0 Å². The topological polar surface area (TPSA) is 114 Å². The van der Waals surface area contributed by atoms with Gasteiger partial charge in [0.2, 0.25) is 10.0 Å². The Balaban J connectivity index is 2.19. The van der Waals surface area contributed by atoms with Crippen molar-refractivity contribution in [2.75, 3.05) is 32.6 Å². The van der Waals surface area contributed by atoms with Crippen molar-refractivity contribution in [3.05, 3.63) is 47.5 Å². The monoisotopic (exact) mass is 450 g/mol. The minimum Gasteiger partial charge on any atom is -0.493 e. The van der Waals surface area contributed by atoms with Crippen LogP contribution in [0.15, 0.2) is 41.3 Å². The highest BCUT2D eigenvalue weighted by atomic mass is 32.2. The maximum absolute atomic E-state index is 12.8. The number of aromatic carboxylic acids is 1. The summed E-state index contributed by atoms with van der Waals surface area (Å²) in [4.78, 5) is 11.3. The van der Waals surface area contributed by atoms with Gasteiger partial charge in [0, 0.05) is 13.1 Å². The maximum Gasteiger partial charge on any atom is 0.335 e. The standard InChI is InChI=1S/C22H30N2O6S/c1-15(2)9-12-24-31(27,28)21-14-17(22(25)26)6-7-18(21)23-11-10-16-5-8-19(29-3)20(13-16)30-4/h5-8,13-15,23-24H,9-12H2,1-4H3,(H,25,26). The Hall–Kier alpha value is -2.78. The molecule has 0 saturated carbocycles. The number of nitrogens with one attached hydrogen (secondary N) is 2. The number of anilines is 1. The van der Waals surface area contributed by atoms with Crippen LogP contribution in [0, 0.1) is 5.92 Å². The number of carbonyl (C=O) groups is 1. The van der Waals surface area contributed by atoms with E-state index in [1.54, 1.807) is 14.2 Å². The maximum atomic E-state index is 12.8. The van der Waals surface area contributed by atoms with Crippen molar-refractivity contribution >= 4 is 21.7 Å². The average Bonchev–Trinajstić information content (AvgIpc) is 2.73. The number of carboxylic acid groups (broad SMARTS) is 1. The molecule has 31 heavy (non-hydrogen) atoms. The third-order valence-corrected chi connectivity index (χ3v) is 6.21. The van der Waals surface area contributed by atoms with E-state index in [1.807, 2.05) is 32.0 Å². The van der Waals surface area contributed by atoms with E-state index in [0.29, 0.717) is 42.5 Å². The molecule has 3 N–H and O–H groups in total. The van der Waals surface area contributed by atoms with Crippen LogP contribution in [-0.4, -0.2) is 46.8 Å². The number of hydrogen-bond acceptors (Lipinski definition) is 6. The smallest absolute Gasteiger partial charge is 0.335 e. The van der Waals surface area contributed by atoms with Crippen molar-refractivity contribution < 1.29 is 27.8 Å². The van der Waals surface area contributed by atoms with Crippen LogP contribution in [0.4, 0.5) is 5.69 Å². The Morgan fingerprint density at radius 3 is 2.35 bits per heavy atom. The third kappa shape index (κ3) is 6.86. The molecule has 2 rings (SSSR count). The molecule has 2 aromatic carbocycles. The lowest BCUT2D eigenvalue weighted by Crippen LogP contribution is -2.27. The first-order valence-electron chi connectivity index (χ1n) is 9.99. The number of carboxylic acids is 1. The molecular formula is C22H30N2O6S. The molecule has 0 aromatic heterocycles. The summed E-state index contributed by atoms with van der Waals surface area (Å²) in [5, 5.41) is 12.4. The molecule has 0 fully saturated rings. The highest BCUT2D eigenvalue weighted by Gasteiger charge is 2.20. The quantitative estimate of drug-likeness (QED) is 0.454. The summed E-state index contributed by atoms with van der Waals surface area (Å²) < 4.78 is 38.7. The molecule has 8 nitrogen and oxygen atoms in total. The van der Waals surface area contributed by atoms with E-state index in [-0.39, 0.29) is 17.0 Å². The highest BCUT2D eigenvalue weighted by molar-refractivity contribution is 7.89. The van der Waals surface area contributed by atoms with Crippen LogP contribution in [0.3, 0.4) is 0 Å². The second kappa shape index (κ2) is 11.0. The summed E-state index contributed by atoms with van der Waals surface area (Å²) in [5.74, 6) is 0.399. The molecular weight excluding hydrogens is 420 g/mol. The molecule has 0 aliphatic carbocycles. The van der Waals surface area contributed by atoms with Crippen LogP contribution < -0.4 is 19.5 Å². The van der Waals surface area contributed by atoms with Gasteiger partial charge in [0.15, 0.2) is 11.5 Å². The number of hydrogen-bond donors (Lipinski definition) is 3. The normalized spacial score (nSPS) is 11.4. The number of sulfonamides is 1. The van der Waals surface area contributed by atoms with Gasteiger partial charge in [-0.05, 0) is 54.7 Å². The minimum absolute atomic E-state index is 0.0801. The van der Waals surface area contributed by atoms with Gasteiger partial charge in [0.25, 0.3) is 0 Å². The minimum atomic E-state index is -3.87. The number of methoxy groups -OCH3 is 2. The van der Waals surface area contributed by atoms with Crippen LogP contribution in [0.1, 0.15) is 36.2 Å². The van der Waals surface area contributed by atoms with E-state index in [0.717, 1.165) is 5.56 Å². The Kier molecular flexibility index (Phi) is 8.70. The number of rotatable bonds is 12. The Labute approximate surface area is 183 Å². The lowest BCUT2D eigenvalue weighted by molar-refractivity contribution is 0.0696. The summed E-state index contributed by atoms with van der Waals surface area (Å²) in [5.41, 5.74) is 1.24. The molecule has 0 radical (unpaired) electrons. The van der Waals surface area contributed by atoms with Gasteiger partial charge in [-0.2, -0.15) is 0 Å². The molecule has 0 bridgehead atoms. The van der Waals surface area contributed by atoms with E-state index in [9.17, 15) is 18.3 Å². The molecule has 0 aliphatic heterocycles. The first kappa shape index (κ1) is 24.5. The summed E-state index contributed by atoms with van der Waals surface area (Å²) in [7, 11) is -0.740. The zero-order valence-electron chi connectivity index (χ0n) is 18.3. The molecule has 9 heteroatoms. The lowest BCUT2D eigenvalue weighted by Gasteiger charge is -2.15. The fourth-order valence-electron chi connectivity index (χ4n) is 2.96. The van der Waals surface area contributed by atoms with Gasteiger partial charge in [-0.3, -0.25) is 0 Å². The van der Waals surface area contributed by atoms with Crippen molar-refractivity contribution in [3.63, 3.8) is 0 Å². The number of benzene rings is 2. The Morgan fingerprint density at radius 1 is 1.03 bits per heavy atom. The van der Waals surface area contributed by atoms with E-state index < -0.39 is 16.0 Å². The molecule has 0 amide bonds. The molecule has 0 spiro atoms. The molecule has 0 heterocycles. The highest BCUT2D eigenvalue weighted by Crippen LogP contribution is 2.28. The van der Waals surface area contributed by atoms with Gasteiger partial charge < -0.3 is 19.9 Å². The molecule has 2 aromatic rings. The lowest BCUT2D eigenvalue weighted by atomic mass is 10.1. The summed E-state index contributed by atoms with van der Waals surface area (Å²) in [6.07, 6.45) is 1.28. The predicted molar refractivity (Wildman–Crippen MR) is 120 cm³/mol. The van der Waals surface area contributed by atoms with Gasteiger partial charge in [-0.25, -0.2) is 17.9 Å². The van der Waals surface area contributed by atoms with Gasteiger partial charge in [0.05, 0.1) is 25.5 Å². The van der Waals surface area contributed by atoms with Crippen molar-refractivity contribution in [2.45, 2.75) is 31.6 Å². The molecule has 0 unspecified atom stereocenters.